The van der Waals surface area contributed by atoms with Crippen LogP contribution in [0.3, 0.4) is 0 Å². The number of carbonyl (C=O) groups is 1. The van der Waals surface area contributed by atoms with E-state index in [1.807, 2.05) is 25.1 Å². The minimum absolute atomic E-state index is 0.0348. The van der Waals surface area contributed by atoms with Gasteiger partial charge in [-0.3, -0.25) is 19.8 Å². The van der Waals surface area contributed by atoms with Crippen LogP contribution < -0.4 is 10.2 Å². The molecule has 2 atom stereocenters. The van der Waals surface area contributed by atoms with Crippen molar-refractivity contribution in [2.45, 2.75) is 38.8 Å². The van der Waals surface area contributed by atoms with Gasteiger partial charge in [-0.2, -0.15) is 0 Å². The average Bonchev–Trinajstić information content (AvgIpc) is 2.79. The highest BCUT2D eigenvalue weighted by molar-refractivity contribution is 5.81. The molecule has 1 aliphatic heterocycles. The molecule has 0 aliphatic carbocycles. The van der Waals surface area contributed by atoms with Crippen LogP contribution in [-0.4, -0.2) is 48.0 Å². The van der Waals surface area contributed by atoms with E-state index in [2.05, 4.69) is 34.2 Å². The van der Waals surface area contributed by atoms with Crippen LogP contribution in [0.4, 0.5) is 11.4 Å². The molecule has 1 fully saturated rings. The first-order chi connectivity index (χ1) is 14.5. The molecule has 7 nitrogen and oxygen atoms in total. The number of hydrogen-bond acceptors (Lipinski definition) is 5. The highest BCUT2D eigenvalue weighted by Gasteiger charge is 2.27. The number of rotatable bonds is 8. The predicted octanol–water partition coefficient (Wildman–Crippen LogP) is 3.76. The predicted molar refractivity (Wildman–Crippen MR) is 119 cm³/mol. The number of carbonyl (C=O) groups excluding carboxylic acids is 1. The molecule has 2 aromatic carbocycles. The van der Waals surface area contributed by atoms with E-state index < -0.39 is 0 Å². The lowest BCUT2D eigenvalue weighted by atomic mass is 10.0. The van der Waals surface area contributed by atoms with Gasteiger partial charge in [-0.1, -0.05) is 43.7 Å². The van der Waals surface area contributed by atoms with E-state index in [4.69, 9.17) is 0 Å². The van der Waals surface area contributed by atoms with Crippen molar-refractivity contribution in [3.63, 3.8) is 0 Å². The second-order valence-corrected chi connectivity index (χ2v) is 7.73. The van der Waals surface area contributed by atoms with E-state index in [-0.39, 0.29) is 28.6 Å². The van der Waals surface area contributed by atoms with Crippen molar-refractivity contribution in [3.05, 3.63) is 70.3 Å². The lowest BCUT2D eigenvalue weighted by Gasteiger charge is -2.38. The number of non-ortho nitro benzene ring substituents is 1. The summed E-state index contributed by atoms with van der Waals surface area (Å²) in [5.74, 6) is 0.0566. The second kappa shape index (κ2) is 10.2. The Kier molecular flexibility index (Phi) is 7.41. The second-order valence-electron chi connectivity index (χ2n) is 7.73. The fourth-order valence-corrected chi connectivity index (χ4v) is 3.91. The van der Waals surface area contributed by atoms with Crippen molar-refractivity contribution in [3.8, 4) is 0 Å². The van der Waals surface area contributed by atoms with Gasteiger partial charge in [0.05, 0.1) is 17.0 Å². The van der Waals surface area contributed by atoms with Gasteiger partial charge < -0.3 is 10.2 Å². The quantitative estimate of drug-likeness (QED) is 0.529. The van der Waals surface area contributed by atoms with Crippen molar-refractivity contribution < 1.29 is 9.72 Å². The SMILES string of the molecule is CCC[C@H](NC(=O)[C@@H](C)N1CCN(c2ccc([N+](=O)[O-])cc2)CC1)c1ccccc1. The fraction of sp³-hybridized carbons (Fsp3) is 0.435. The standard InChI is InChI=1S/C23H30N4O3/c1-3-7-22(19-8-5-4-6-9-19)24-23(28)18(2)25-14-16-26(17-15-25)20-10-12-21(13-11-20)27(29)30/h4-6,8-13,18,22H,3,7,14-17H2,1-2H3,(H,24,28)/t18-,22+/m1/s1. The Morgan fingerprint density at radius 2 is 1.70 bits per heavy atom. The van der Waals surface area contributed by atoms with Crippen LogP contribution in [0.25, 0.3) is 0 Å². The monoisotopic (exact) mass is 410 g/mol. The number of nitrogens with zero attached hydrogens (tertiary/aromatic N) is 3. The summed E-state index contributed by atoms with van der Waals surface area (Å²) in [4.78, 5) is 27.8. The van der Waals surface area contributed by atoms with Crippen molar-refractivity contribution >= 4 is 17.3 Å². The summed E-state index contributed by atoms with van der Waals surface area (Å²) in [5.41, 5.74) is 2.22. The maximum atomic E-state index is 12.9. The van der Waals surface area contributed by atoms with Crippen molar-refractivity contribution in [1.29, 1.82) is 0 Å². The Bertz CT molecular complexity index is 833. The van der Waals surface area contributed by atoms with E-state index >= 15 is 0 Å². The first-order valence-electron chi connectivity index (χ1n) is 10.6. The molecule has 0 saturated carbocycles. The van der Waals surface area contributed by atoms with Crippen molar-refractivity contribution in [2.24, 2.45) is 0 Å². The number of piperazine rings is 1. The van der Waals surface area contributed by atoms with E-state index in [1.165, 1.54) is 12.1 Å². The minimum atomic E-state index is -0.386. The molecule has 2 aromatic rings. The van der Waals surface area contributed by atoms with E-state index in [1.54, 1.807) is 12.1 Å². The largest absolute Gasteiger partial charge is 0.369 e. The Morgan fingerprint density at radius 1 is 1.07 bits per heavy atom. The van der Waals surface area contributed by atoms with Gasteiger partial charge in [0.1, 0.15) is 0 Å². The lowest BCUT2D eigenvalue weighted by Crippen LogP contribution is -2.54. The van der Waals surface area contributed by atoms with Crippen LogP contribution >= 0.6 is 0 Å². The first-order valence-corrected chi connectivity index (χ1v) is 10.6. The summed E-state index contributed by atoms with van der Waals surface area (Å²) < 4.78 is 0. The van der Waals surface area contributed by atoms with Gasteiger partial charge in [0.15, 0.2) is 0 Å². The van der Waals surface area contributed by atoms with Crippen LogP contribution in [0, 0.1) is 10.1 Å². The maximum absolute atomic E-state index is 12.9. The van der Waals surface area contributed by atoms with Crippen LogP contribution in [-0.2, 0) is 4.79 Å². The fourth-order valence-electron chi connectivity index (χ4n) is 3.91. The topological polar surface area (TPSA) is 78.7 Å². The van der Waals surface area contributed by atoms with Crippen LogP contribution in [0.15, 0.2) is 54.6 Å². The molecule has 1 saturated heterocycles. The molecular formula is C23H30N4O3. The number of benzene rings is 2. The number of anilines is 1. The van der Waals surface area contributed by atoms with Gasteiger partial charge in [-0.05, 0) is 31.0 Å². The summed E-state index contributed by atoms with van der Waals surface area (Å²) in [6, 6.07) is 16.6. The summed E-state index contributed by atoms with van der Waals surface area (Å²) in [6.45, 7) is 7.21. The van der Waals surface area contributed by atoms with Gasteiger partial charge in [0.25, 0.3) is 5.69 Å². The molecule has 0 spiro atoms. The molecule has 0 bridgehead atoms. The smallest absolute Gasteiger partial charge is 0.269 e. The van der Waals surface area contributed by atoms with E-state index in [0.29, 0.717) is 0 Å². The third-order valence-electron chi connectivity index (χ3n) is 5.76. The molecule has 160 valence electrons. The van der Waals surface area contributed by atoms with Crippen LogP contribution in [0.1, 0.15) is 38.3 Å². The zero-order chi connectivity index (χ0) is 21.5. The molecule has 0 unspecified atom stereocenters. The Balaban J connectivity index is 1.55. The minimum Gasteiger partial charge on any atom is -0.369 e. The number of amides is 1. The summed E-state index contributed by atoms with van der Waals surface area (Å²) in [7, 11) is 0. The molecule has 1 heterocycles. The third-order valence-corrected chi connectivity index (χ3v) is 5.76. The Morgan fingerprint density at radius 3 is 2.27 bits per heavy atom. The highest BCUT2D eigenvalue weighted by Crippen LogP contribution is 2.22. The van der Waals surface area contributed by atoms with Gasteiger partial charge in [0, 0.05) is 44.0 Å². The molecular weight excluding hydrogens is 380 g/mol. The van der Waals surface area contributed by atoms with E-state index in [0.717, 1.165) is 50.3 Å². The first kappa shape index (κ1) is 21.8. The Hall–Kier alpha value is -2.93. The third kappa shape index (κ3) is 5.36. The number of hydrogen-bond donors (Lipinski definition) is 1. The zero-order valence-corrected chi connectivity index (χ0v) is 17.7. The van der Waals surface area contributed by atoms with Crippen molar-refractivity contribution in [1.82, 2.24) is 10.2 Å². The van der Waals surface area contributed by atoms with Gasteiger partial charge in [0.2, 0.25) is 5.91 Å². The molecule has 3 rings (SSSR count). The number of nitro groups is 1. The zero-order valence-electron chi connectivity index (χ0n) is 17.7. The normalized spacial score (nSPS) is 16.7. The Labute approximate surface area is 177 Å². The average molecular weight is 411 g/mol. The van der Waals surface area contributed by atoms with Crippen LogP contribution in [0.5, 0.6) is 0 Å². The maximum Gasteiger partial charge on any atom is 0.269 e. The van der Waals surface area contributed by atoms with E-state index in [9.17, 15) is 14.9 Å². The van der Waals surface area contributed by atoms with Gasteiger partial charge in [-0.15, -0.1) is 0 Å². The highest BCUT2D eigenvalue weighted by atomic mass is 16.6. The van der Waals surface area contributed by atoms with Crippen molar-refractivity contribution in [2.75, 3.05) is 31.1 Å². The molecule has 0 radical (unpaired) electrons. The van der Waals surface area contributed by atoms with Crippen LogP contribution in [0.2, 0.25) is 0 Å². The summed E-state index contributed by atoms with van der Waals surface area (Å²) in [6.07, 6.45) is 1.92. The lowest BCUT2D eigenvalue weighted by molar-refractivity contribution is -0.384. The molecule has 1 N–H and O–H groups in total. The molecule has 1 aliphatic rings. The summed E-state index contributed by atoms with van der Waals surface area (Å²) >= 11 is 0. The van der Waals surface area contributed by atoms with Gasteiger partial charge in [-0.25, -0.2) is 0 Å². The molecule has 30 heavy (non-hydrogen) atoms. The molecule has 1 amide bonds. The summed E-state index contributed by atoms with van der Waals surface area (Å²) in [5, 5.41) is 14.1. The molecule has 7 heteroatoms. The van der Waals surface area contributed by atoms with Gasteiger partial charge >= 0.3 is 0 Å². The molecule has 0 aromatic heterocycles. The number of nitro benzene ring substituents is 1. The number of nitrogens with one attached hydrogen (secondary N) is 1.